The predicted octanol–water partition coefficient (Wildman–Crippen LogP) is 3.39. The van der Waals surface area contributed by atoms with E-state index in [1.807, 2.05) is 6.92 Å². The Hall–Kier alpha value is -0.843. The maximum atomic E-state index is 13.8. The lowest BCUT2D eigenvalue weighted by Gasteiger charge is -2.19. The summed E-state index contributed by atoms with van der Waals surface area (Å²) in [6.07, 6.45) is 1.79. The molecule has 1 aromatic heterocycles. The molecule has 0 aliphatic heterocycles. The second-order valence-corrected chi connectivity index (χ2v) is 10.2. The van der Waals surface area contributed by atoms with E-state index >= 15 is 0 Å². The van der Waals surface area contributed by atoms with Crippen molar-refractivity contribution in [1.82, 2.24) is 4.98 Å². The molecule has 1 nitrogen and oxygen atoms in total. The standard InChI is InChI=1S/C12H18F3NSi/c1-5-6-7-8-9(13)10(14)11(12(15)16-8)17(2,3)4/h5-7H2,1-4H3. The van der Waals surface area contributed by atoms with Gasteiger partial charge in [-0.1, -0.05) is 33.0 Å². The Morgan fingerprint density at radius 1 is 1.06 bits per heavy atom. The molecule has 17 heavy (non-hydrogen) atoms. The molecule has 1 rings (SSSR count). The minimum atomic E-state index is -2.26. The number of halogens is 3. The van der Waals surface area contributed by atoms with Crippen LogP contribution in [0.5, 0.6) is 0 Å². The average molecular weight is 261 g/mol. The first-order valence-corrected chi connectivity index (χ1v) is 9.32. The van der Waals surface area contributed by atoms with Crippen LogP contribution < -0.4 is 5.19 Å². The Bertz CT molecular complexity index is 413. The number of hydrogen-bond acceptors (Lipinski definition) is 1. The fraction of sp³-hybridized carbons (Fsp3) is 0.583. The summed E-state index contributed by atoms with van der Waals surface area (Å²) in [4.78, 5) is 3.59. The van der Waals surface area contributed by atoms with E-state index in [2.05, 4.69) is 4.98 Å². The molecule has 1 heterocycles. The van der Waals surface area contributed by atoms with Gasteiger partial charge in [0.25, 0.3) is 0 Å². The van der Waals surface area contributed by atoms with E-state index in [9.17, 15) is 13.2 Å². The molecule has 0 aromatic carbocycles. The van der Waals surface area contributed by atoms with Crippen molar-refractivity contribution in [1.29, 1.82) is 0 Å². The van der Waals surface area contributed by atoms with Gasteiger partial charge in [-0.3, -0.25) is 0 Å². The summed E-state index contributed by atoms with van der Waals surface area (Å²) >= 11 is 0. The highest BCUT2D eigenvalue weighted by Gasteiger charge is 2.30. The zero-order valence-electron chi connectivity index (χ0n) is 10.7. The fourth-order valence-electron chi connectivity index (χ4n) is 1.70. The number of hydrogen-bond donors (Lipinski definition) is 0. The third-order valence-electron chi connectivity index (χ3n) is 2.62. The number of rotatable bonds is 4. The van der Waals surface area contributed by atoms with Crippen LogP contribution in [0.2, 0.25) is 19.6 Å². The molecule has 0 fully saturated rings. The lowest BCUT2D eigenvalue weighted by molar-refractivity contribution is 0.471. The van der Waals surface area contributed by atoms with Crippen molar-refractivity contribution in [3.63, 3.8) is 0 Å². The molecular formula is C12H18F3NSi. The van der Waals surface area contributed by atoms with Crippen molar-refractivity contribution < 1.29 is 13.2 Å². The second-order valence-electron chi connectivity index (χ2n) is 5.21. The third-order valence-corrected chi connectivity index (χ3v) is 4.55. The first-order chi connectivity index (χ1) is 7.79. The van der Waals surface area contributed by atoms with Crippen molar-refractivity contribution in [3.8, 4) is 0 Å². The van der Waals surface area contributed by atoms with Gasteiger partial charge in [-0.15, -0.1) is 0 Å². The van der Waals surface area contributed by atoms with Gasteiger partial charge in [0.05, 0.1) is 13.8 Å². The SMILES string of the molecule is CCCCc1nc(F)c([Si](C)(C)C)c(F)c1F. The van der Waals surface area contributed by atoms with E-state index < -0.39 is 25.7 Å². The van der Waals surface area contributed by atoms with Crippen molar-refractivity contribution in [3.05, 3.63) is 23.3 Å². The number of aromatic nitrogens is 1. The van der Waals surface area contributed by atoms with Gasteiger partial charge in [0.2, 0.25) is 5.95 Å². The molecule has 0 saturated heterocycles. The van der Waals surface area contributed by atoms with Gasteiger partial charge in [-0.05, 0) is 12.8 Å². The van der Waals surface area contributed by atoms with E-state index in [0.717, 1.165) is 6.42 Å². The van der Waals surface area contributed by atoms with Gasteiger partial charge < -0.3 is 0 Å². The van der Waals surface area contributed by atoms with Crippen molar-refractivity contribution in [2.24, 2.45) is 0 Å². The largest absolute Gasteiger partial charge is 0.222 e. The summed E-state index contributed by atoms with van der Waals surface area (Å²) < 4.78 is 41.3. The third kappa shape index (κ3) is 3.09. The van der Waals surface area contributed by atoms with Gasteiger partial charge in [0, 0.05) is 5.19 Å². The van der Waals surface area contributed by atoms with Crippen LogP contribution in [0.3, 0.4) is 0 Å². The summed E-state index contributed by atoms with van der Waals surface area (Å²) in [6.45, 7) is 7.23. The van der Waals surface area contributed by atoms with Crippen LogP contribution in [-0.4, -0.2) is 13.1 Å². The molecule has 0 atom stereocenters. The topological polar surface area (TPSA) is 12.9 Å². The normalized spacial score (nSPS) is 11.9. The highest BCUT2D eigenvalue weighted by molar-refractivity contribution is 6.88. The molecule has 0 amide bonds. The summed E-state index contributed by atoms with van der Waals surface area (Å²) in [7, 11) is -2.26. The fourth-order valence-corrected chi connectivity index (χ4v) is 3.14. The number of aryl methyl sites for hydroxylation is 1. The highest BCUT2D eigenvalue weighted by Crippen LogP contribution is 2.16. The Kier molecular flexibility index (Phi) is 4.35. The van der Waals surface area contributed by atoms with E-state index in [1.165, 1.54) is 0 Å². The average Bonchev–Trinajstić information content (AvgIpc) is 2.19. The van der Waals surface area contributed by atoms with Crippen LogP contribution >= 0.6 is 0 Å². The van der Waals surface area contributed by atoms with Crippen molar-refractivity contribution >= 4 is 13.3 Å². The molecule has 0 unspecified atom stereocenters. The summed E-state index contributed by atoms with van der Waals surface area (Å²) in [6, 6.07) is 0. The molecule has 0 aliphatic carbocycles. The minimum Gasteiger partial charge on any atom is -0.222 e. The van der Waals surface area contributed by atoms with Gasteiger partial charge >= 0.3 is 0 Å². The second kappa shape index (κ2) is 5.21. The molecule has 0 aliphatic rings. The van der Waals surface area contributed by atoms with Crippen LogP contribution in [0.15, 0.2) is 0 Å². The number of nitrogens with zero attached hydrogens (tertiary/aromatic N) is 1. The molecule has 96 valence electrons. The molecule has 0 radical (unpaired) electrons. The van der Waals surface area contributed by atoms with Gasteiger partial charge in [0.15, 0.2) is 11.6 Å². The van der Waals surface area contributed by atoms with E-state index in [0.29, 0.717) is 6.42 Å². The molecule has 0 bridgehead atoms. The lowest BCUT2D eigenvalue weighted by Crippen LogP contribution is -2.44. The van der Waals surface area contributed by atoms with Crippen LogP contribution in [0.1, 0.15) is 25.5 Å². The predicted molar refractivity (Wildman–Crippen MR) is 65.7 cm³/mol. The monoisotopic (exact) mass is 261 g/mol. The molecule has 0 N–H and O–H groups in total. The first kappa shape index (κ1) is 14.2. The smallest absolute Gasteiger partial charge is 0.215 e. The summed E-state index contributed by atoms with van der Waals surface area (Å²) in [5, 5.41) is -0.143. The van der Waals surface area contributed by atoms with Gasteiger partial charge in [-0.2, -0.15) is 4.39 Å². The van der Waals surface area contributed by atoms with Crippen LogP contribution in [0.4, 0.5) is 13.2 Å². The molecule has 0 saturated carbocycles. The van der Waals surface area contributed by atoms with Crippen molar-refractivity contribution in [2.45, 2.75) is 45.8 Å². The Morgan fingerprint density at radius 3 is 2.12 bits per heavy atom. The Balaban J connectivity index is 3.27. The first-order valence-electron chi connectivity index (χ1n) is 5.82. The Morgan fingerprint density at radius 2 is 1.65 bits per heavy atom. The van der Waals surface area contributed by atoms with Crippen molar-refractivity contribution in [2.75, 3.05) is 0 Å². The molecule has 5 heteroatoms. The lowest BCUT2D eigenvalue weighted by atomic mass is 10.2. The van der Waals surface area contributed by atoms with Gasteiger partial charge in [-0.25, -0.2) is 13.8 Å². The van der Waals surface area contributed by atoms with Crippen LogP contribution in [0.25, 0.3) is 0 Å². The number of pyridine rings is 1. The van der Waals surface area contributed by atoms with Crippen LogP contribution in [-0.2, 0) is 6.42 Å². The quantitative estimate of drug-likeness (QED) is 0.598. The summed E-state index contributed by atoms with van der Waals surface area (Å²) in [5.74, 6) is -2.85. The van der Waals surface area contributed by atoms with E-state index in [4.69, 9.17) is 0 Å². The van der Waals surface area contributed by atoms with E-state index in [-0.39, 0.29) is 17.3 Å². The number of unbranched alkanes of at least 4 members (excludes halogenated alkanes) is 1. The zero-order valence-corrected chi connectivity index (χ0v) is 11.7. The zero-order chi connectivity index (χ0) is 13.2. The minimum absolute atomic E-state index is 0.0937. The highest BCUT2D eigenvalue weighted by atomic mass is 28.3. The van der Waals surface area contributed by atoms with Gasteiger partial charge in [0.1, 0.15) is 0 Å². The Labute approximate surface area is 101 Å². The maximum Gasteiger partial charge on any atom is 0.215 e. The van der Waals surface area contributed by atoms with Crippen LogP contribution in [0, 0.1) is 17.6 Å². The molecular weight excluding hydrogens is 243 g/mol. The summed E-state index contributed by atoms with van der Waals surface area (Å²) in [5.41, 5.74) is -0.0937. The maximum absolute atomic E-state index is 13.8. The van der Waals surface area contributed by atoms with E-state index in [1.54, 1.807) is 19.6 Å². The molecule has 1 aromatic rings. The molecule has 0 spiro atoms.